The molecular weight excluding hydrogens is 140 g/mol. The van der Waals surface area contributed by atoms with Crippen molar-refractivity contribution < 1.29 is 4.74 Å². The molecule has 0 spiro atoms. The van der Waals surface area contributed by atoms with Gasteiger partial charge in [0, 0.05) is 12.1 Å². The van der Waals surface area contributed by atoms with Gasteiger partial charge < -0.3 is 16.2 Å². The summed E-state index contributed by atoms with van der Waals surface area (Å²) in [7, 11) is 0. The third-order valence-electron chi connectivity index (χ3n) is 3.19. The topological polar surface area (TPSA) is 61.3 Å². The molecule has 3 heteroatoms. The third-order valence-corrected chi connectivity index (χ3v) is 3.19. The van der Waals surface area contributed by atoms with Gasteiger partial charge in [-0.25, -0.2) is 0 Å². The lowest BCUT2D eigenvalue weighted by atomic mass is 9.72. The molecular formula is C8H16N2O. The SMILES string of the molecule is NCC12CCC(N)(CC1)CO2. The summed E-state index contributed by atoms with van der Waals surface area (Å²) in [5.41, 5.74) is 11.7. The van der Waals surface area contributed by atoms with Gasteiger partial charge in [0.25, 0.3) is 0 Å². The Balaban J connectivity index is 2.12. The zero-order valence-corrected chi connectivity index (χ0v) is 6.81. The van der Waals surface area contributed by atoms with E-state index in [2.05, 4.69) is 0 Å². The number of rotatable bonds is 1. The Kier molecular flexibility index (Phi) is 1.50. The lowest BCUT2D eigenvalue weighted by Gasteiger charge is -2.51. The molecule has 0 aromatic carbocycles. The Morgan fingerprint density at radius 1 is 1.18 bits per heavy atom. The van der Waals surface area contributed by atoms with Crippen LogP contribution in [0.15, 0.2) is 0 Å². The van der Waals surface area contributed by atoms with E-state index in [9.17, 15) is 0 Å². The van der Waals surface area contributed by atoms with Crippen LogP contribution in [0.4, 0.5) is 0 Å². The Morgan fingerprint density at radius 3 is 2.18 bits per heavy atom. The lowest BCUT2D eigenvalue weighted by Crippen LogP contribution is -2.61. The van der Waals surface area contributed by atoms with Crippen molar-refractivity contribution in [2.24, 2.45) is 11.5 Å². The molecule has 2 heterocycles. The maximum atomic E-state index is 6.04. The summed E-state index contributed by atoms with van der Waals surface area (Å²) in [6.07, 6.45) is 4.29. The van der Waals surface area contributed by atoms with Crippen LogP contribution >= 0.6 is 0 Å². The highest BCUT2D eigenvalue weighted by atomic mass is 16.5. The minimum Gasteiger partial charge on any atom is -0.372 e. The molecule has 1 aliphatic carbocycles. The maximum Gasteiger partial charge on any atom is 0.0806 e. The zero-order chi connectivity index (χ0) is 7.95. The molecule has 4 N–H and O–H groups in total. The summed E-state index contributed by atoms with van der Waals surface area (Å²) in [6.45, 7) is 1.37. The first-order valence-corrected chi connectivity index (χ1v) is 4.31. The highest BCUT2D eigenvalue weighted by Gasteiger charge is 2.46. The van der Waals surface area contributed by atoms with Crippen molar-refractivity contribution in [3.63, 3.8) is 0 Å². The van der Waals surface area contributed by atoms with Crippen LogP contribution in [0.1, 0.15) is 25.7 Å². The summed E-state index contributed by atoms with van der Waals surface area (Å²) in [4.78, 5) is 0. The fraction of sp³-hybridized carbons (Fsp3) is 1.00. The predicted molar refractivity (Wildman–Crippen MR) is 43.1 cm³/mol. The van der Waals surface area contributed by atoms with Crippen molar-refractivity contribution in [2.75, 3.05) is 13.2 Å². The minimum atomic E-state index is -0.0169. The van der Waals surface area contributed by atoms with E-state index in [0.717, 1.165) is 25.7 Å². The van der Waals surface area contributed by atoms with E-state index < -0.39 is 0 Å². The van der Waals surface area contributed by atoms with Gasteiger partial charge in [0.1, 0.15) is 0 Å². The van der Waals surface area contributed by atoms with E-state index in [-0.39, 0.29) is 11.1 Å². The fourth-order valence-electron chi connectivity index (χ4n) is 2.05. The Morgan fingerprint density at radius 2 is 1.82 bits per heavy atom. The second-order valence-corrected chi connectivity index (χ2v) is 4.04. The fourth-order valence-corrected chi connectivity index (χ4v) is 2.05. The van der Waals surface area contributed by atoms with Gasteiger partial charge in [-0.1, -0.05) is 0 Å². The first kappa shape index (κ1) is 7.53. The maximum absolute atomic E-state index is 6.04. The van der Waals surface area contributed by atoms with Crippen molar-refractivity contribution in [3.8, 4) is 0 Å². The molecule has 3 aliphatic rings. The molecule has 2 saturated heterocycles. The van der Waals surface area contributed by atoms with Gasteiger partial charge in [-0.15, -0.1) is 0 Å². The van der Waals surface area contributed by atoms with Crippen LogP contribution in [0.3, 0.4) is 0 Å². The molecule has 0 atom stereocenters. The van der Waals surface area contributed by atoms with Crippen molar-refractivity contribution >= 4 is 0 Å². The average molecular weight is 156 g/mol. The van der Waals surface area contributed by atoms with E-state index in [0.29, 0.717) is 13.2 Å². The molecule has 3 nitrogen and oxygen atoms in total. The molecule has 0 amide bonds. The number of ether oxygens (including phenoxy) is 1. The van der Waals surface area contributed by atoms with Gasteiger partial charge in [0.05, 0.1) is 12.2 Å². The number of nitrogens with two attached hydrogens (primary N) is 2. The van der Waals surface area contributed by atoms with E-state index in [1.54, 1.807) is 0 Å². The van der Waals surface area contributed by atoms with Gasteiger partial charge in [-0.05, 0) is 25.7 Å². The molecule has 11 heavy (non-hydrogen) atoms. The van der Waals surface area contributed by atoms with Crippen molar-refractivity contribution in [1.82, 2.24) is 0 Å². The van der Waals surface area contributed by atoms with Crippen molar-refractivity contribution in [1.29, 1.82) is 0 Å². The third kappa shape index (κ3) is 1.08. The van der Waals surface area contributed by atoms with Gasteiger partial charge in [-0.2, -0.15) is 0 Å². The van der Waals surface area contributed by atoms with Gasteiger partial charge in [-0.3, -0.25) is 0 Å². The number of fused-ring (bicyclic) bond motifs is 3. The normalized spacial score (nSPS) is 49.6. The van der Waals surface area contributed by atoms with E-state index in [1.165, 1.54) is 0 Å². The summed E-state index contributed by atoms with van der Waals surface area (Å²) < 4.78 is 5.67. The average Bonchev–Trinajstić information content (AvgIpc) is 2.07. The lowest BCUT2D eigenvalue weighted by molar-refractivity contribution is -0.146. The monoisotopic (exact) mass is 156 g/mol. The smallest absolute Gasteiger partial charge is 0.0806 e. The van der Waals surface area contributed by atoms with Crippen LogP contribution in [0.25, 0.3) is 0 Å². The molecule has 0 radical (unpaired) electrons. The second-order valence-electron chi connectivity index (χ2n) is 4.04. The summed E-state index contributed by atoms with van der Waals surface area (Å²) >= 11 is 0. The molecule has 0 aromatic heterocycles. The number of hydrogen-bond acceptors (Lipinski definition) is 3. The standard InChI is InChI=1S/C8H16N2O/c9-5-8-3-1-7(10,2-4-8)6-11-8/h1-6,9-10H2. The van der Waals surface area contributed by atoms with Gasteiger partial charge in [0.15, 0.2) is 0 Å². The first-order valence-electron chi connectivity index (χ1n) is 4.31. The quantitative estimate of drug-likeness (QED) is 0.561. The van der Waals surface area contributed by atoms with E-state index in [1.807, 2.05) is 0 Å². The van der Waals surface area contributed by atoms with E-state index >= 15 is 0 Å². The molecule has 1 saturated carbocycles. The molecule has 3 rings (SSSR count). The van der Waals surface area contributed by atoms with Gasteiger partial charge >= 0.3 is 0 Å². The van der Waals surface area contributed by atoms with Crippen LogP contribution in [0.2, 0.25) is 0 Å². The van der Waals surface area contributed by atoms with E-state index in [4.69, 9.17) is 16.2 Å². The minimum absolute atomic E-state index is 0.00111. The molecule has 3 fully saturated rings. The first-order chi connectivity index (χ1) is 5.18. The Hall–Kier alpha value is -0.120. The summed E-state index contributed by atoms with van der Waals surface area (Å²) in [5, 5.41) is 0. The molecule has 2 bridgehead atoms. The largest absolute Gasteiger partial charge is 0.372 e. The van der Waals surface area contributed by atoms with Crippen molar-refractivity contribution in [2.45, 2.75) is 36.8 Å². The van der Waals surface area contributed by atoms with Crippen LogP contribution in [-0.2, 0) is 4.74 Å². The molecule has 0 aromatic rings. The highest BCUT2D eigenvalue weighted by molar-refractivity contribution is 5.02. The number of hydrogen-bond donors (Lipinski definition) is 2. The zero-order valence-electron chi connectivity index (χ0n) is 6.81. The summed E-state index contributed by atoms with van der Waals surface area (Å²) in [5.74, 6) is 0. The summed E-state index contributed by atoms with van der Waals surface area (Å²) in [6, 6.07) is 0. The van der Waals surface area contributed by atoms with Crippen LogP contribution in [0, 0.1) is 0 Å². The predicted octanol–water partition coefficient (Wildman–Crippen LogP) is -0.0144. The second kappa shape index (κ2) is 2.19. The molecule has 0 unspecified atom stereocenters. The molecule has 64 valence electrons. The van der Waals surface area contributed by atoms with Crippen molar-refractivity contribution in [3.05, 3.63) is 0 Å². The molecule has 2 aliphatic heterocycles. The van der Waals surface area contributed by atoms with Crippen LogP contribution in [-0.4, -0.2) is 24.3 Å². The van der Waals surface area contributed by atoms with Gasteiger partial charge in [0.2, 0.25) is 0 Å². The Bertz CT molecular complexity index is 145. The Labute approximate surface area is 67.1 Å². The highest BCUT2D eigenvalue weighted by Crippen LogP contribution is 2.41. The van der Waals surface area contributed by atoms with Crippen LogP contribution in [0.5, 0.6) is 0 Å². The van der Waals surface area contributed by atoms with Crippen LogP contribution < -0.4 is 11.5 Å².